The first-order valence-corrected chi connectivity index (χ1v) is 10.1. The molecule has 3 rings (SSSR count). The lowest BCUT2D eigenvalue weighted by Gasteiger charge is -2.40. The summed E-state index contributed by atoms with van der Waals surface area (Å²) in [6, 6.07) is 1.95. The molecule has 2 aliphatic heterocycles. The summed E-state index contributed by atoms with van der Waals surface area (Å²) in [6.45, 7) is 2.81. The highest BCUT2D eigenvalue weighted by Crippen LogP contribution is 2.36. The predicted molar refractivity (Wildman–Crippen MR) is 86.4 cm³/mol. The molecule has 0 radical (unpaired) electrons. The van der Waals surface area contributed by atoms with E-state index in [9.17, 15) is 18.5 Å². The number of nitro groups is 1. The van der Waals surface area contributed by atoms with Crippen LogP contribution in [-0.4, -0.2) is 62.0 Å². The first kappa shape index (κ1) is 15.7. The molecule has 22 heavy (non-hydrogen) atoms. The highest BCUT2D eigenvalue weighted by atomic mass is 32.2. The normalized spacial score (nSPS) is 23.5. The van der Waals surface area contributed by atoms with Gasteiger partial charge in [-0.2, -0.15) is 0 Å². The number of hydrogen-bond donors (Lipinski definition) is 0. The molecule has 9 heteroatoms. The molecule has 1 aromatic rings. The number of piperidine rings is 1. The summed E-state index contributed by atoms with van der Waals surface area (Å²) in [4.78, 5) is 15.0. The zero-order valence-corrected chi connectivity index (χ0v) is 13.8. The molecule has 2 fully saturated rings. The van der Waals surface area contributed by atoms with Crippen LogP contribution in [0.5, 0.6) is 0 Å². The van der Waals surface area contributed by atoms with Crippen molar-refractivity contribution in [3.8, 4) is 0 Å². The van der Waals surface area contributed by atoms with Gasteiger partial charge in [0.2, 0.25) is 0 Å². The van der Waals surface area contributed by atoms with Crippen LogP contribution in [0.4, 0.5) is 10.7 Å². The molecule has 7 nitrogen and oxygen atoms in total. The van der Waals surface area contributed by atoms with Crippen molar-refractivity contribution in [2.75, 3.05) is 42.6 Å². The Morgan fingerprint density at radius 2 is 1.82 bits per heavy atom. The van der Waals surface area contributed by atoms with Crippen LogP contribution in [0, 0.1) is 10.1 Å². The van der Waals surface area contributed by atoms with Crippen molar-refractivity contribution in [2.24, 2.45) is 0 Å². The van der Waals surface area contributed by atoms with Crippen molar-refractivity contribution in [3.63, 3.8) is 0 Å². The molecule has 0 aromatic carbocycles. The largest absolute Gasteiger partial charge is 0.358 e. The van der Waals surface area contributed by atoms with Crippen LogP contribution in [0.1, 0.15) is 12.8 Å². The second kappa shape index (κ2) is 6.13. The number of rotatable bonds is 3. The quantitative estimate of drug-likeness (QED) is 0.607. The fourth-order valence-corrected chi connectivity index (χ4v) is 5.35. The molecule has 3 heterocycles. The Labute approximate surface area is 133 Å². The van der Waals surface area contributed by atoms with E-state index in [-0.39, 0.29) is 22.1 Å². The molecule has 0 aliphatic carbocycles. The van der Waals surface area contributed by atoms with Gasteiger partial charge in [-0.25, -0.2) is 8.42 Å². The van der Waals surface area contributed by atoms with Gasteiger partial charge in [0.05, 0.1) is 16.4 Å². The Balaban J connectivity index is 1.59. The van der Waals surface area contributed by atoms with E-state index in [1.165, 1.54) is 11.3 Å². The number of nitrogens with zero attached hydrogens (tertiary/aromatic N) is 3. The molecular formula is C13H19N3O4S2. The summed E-state index contributed by atoms with van der Waals surface area (Å²) in [6.07, 6.45) is 1.85. The number of anilines is 1. The summed E-state index contributed by atoms with van der Waals surface area (Å²) < 4.78 is 23.0. The van der Waals surface area contributed by atoms with Gasteiger partial charge >= 0.3 is 5.69 Å². The van der Waals surface area contributed by atoms with E-state index in [0.717, 1.165) is 30.9 Å². The second-order valence-corrected chi connectivity index (χ2v) is 8.97. The van der Waals surface area contributed by atoms with E-state index >= 15 is 0 Å². The third-order valence-electron chi connectivity index (χ3n) is 4.47. The molecule has 0 bridgehead atoms. The smallest absolute Gasteiger partial charge is 0.303 e. The molecule has 2 saturated heterocycles. The van der Waals surface area contributed by atoms with Crippen molar-refractivity contribution >= 4 is 31.9 Å². The highest BCUT2D eigenvalue weighted by Gasteiger charge is 2.31. The minimum atomic E-state index is -2.84. The molecule has 2 aliphatic rings. The zero-order chi connectivity index (χ0) is 15.7. The van der Waals surface area contributed by atoms with Crippen molar-refractivity contribution < 1.29 is 13.3 Å². The maximum Gasteiger partial charge on any atom is 0.303 e. The molecular weight excluding hydrogens is 326 g/mol. The monoisotopic (exact) mass is 345 g/mol. The summed E-state index contributed by atoms with van der Waals surface area (Å²) >= 11 is 1.41. The van der Waals surface area contributed by atoms with Crippen LogP contribution in [-0.2, 0) is 9.84 Å². The Kier molecular flexibility index (Phi) is 4.37. The van der Waals surface area contributed by atoms with E-state index < -0.39 is 9.84 Å². The van der Waals surface area contributed by atoms with E-state index in [4.69, 9.17) is 0 Å². The molecule has 0 unspecified atom stereocenters. The van der Waals surface area contributed by atoms with E-state index in [1.54, 1.807) is 11.4 Å². The number of sulfone groups is 1. The lowest BCUT2D eigenvalue weighted by atomic mass is 10.0. The zero-order valence-electron chi connectivity index (χ0n) is 12.2. The van der Waals surface area contributed by atoms with Crippen LogP contribution in [0.15, 0.2) is 11.4 Å². The summed E-state index contributed by atoms with van der Waals surface area (Å²) in [5.74, 6) is 0.507. The van der Waals surface area contributed by atoms with Crippen LogP contribution in [0.2, 0.25) is 0 Å². The average Bonchev–Trinajstić information content (AvgIpc) is 2.97. The minimum Gasteiger partial charge on any atom is -0.358 e. The van der Waals surface area contributed by atoms with Crippen LogP contribution >= 0.6 is 11.3 Å². The molecule has 0 N–H and O–H groups in total. The predicted octanol–water partition coefficient (Wildman–Crippen LogP) is 1.36. The Bertz CT molecular complexity index is 636. The van der Waals surface area contributed by atoms with Crippen molar-refractivity contribution in [3.05, 3.63) is 21.6 Å². The van der Waals surface area contributed by atoms with E-state index in [1.807, 2.05) is 0 Å². The van der Waals surface area contributed by atoms with Gasteiger partial charge in [0.1, 0.15) is 0 Å². The molecule has 1 aromatic heterocycles. The maximum absolute atomic E-state index is 11.5. The Morgan fingerprint density at radius 3 is 2.41 bits per heavy atom. The van der Waals surface area contributed by atoms with Gasteiger partial charge in [-0.3, -0.25) is 15.0 Å². The summed E-state index contributed by atoms with van der Waals surface area (Å²) in [5, 5.41) is 13.5. The standard InChI is InChI=1S/C13H19N3O4S2/c17-16(18)12-3-8-21-13(12)15-4-1-11(2-5-15)14-6-9-22(19,20)10-7-14/h3,8,11H,1-2,4-7,9-10H2. The van der Waals surface area contributed by atoms with E-state index in [2.05, 4.69) is 9.80 Å². The second-order valence-electron chi connectivity index (χ2n) is 5.77. The lowest BCUT2D eigenvalue weighted by molar-refractivity contribution is -0.383. The molecule has 0 atom stereocenters. The Hall–Kier alpha value is -1.19. The number of thiophene rings is 1. The third-order valence-corrected chi connectivity index (χ3v) is 7.04. The van der Waals surface area contributed by atoms with Crippen LogP contribution in [0.3, 0.4) is 0 Å². The SMILES string of the molecule is O=[N+]([O-])c1ccsc1N1CCC(N2CCS(=O)(=O)CC2)CC1. The fraction of sp³-hybridized carbons (Fsp3) is 0.692. The highest BCUT2D eigenvalue weighted by molar-refractivity contribution is 7.91. The topological polar surface area (TPSA) is 83.8 Å². The molecule has 0 spiro atoms. The van der Waals surface area contributed by atoms with Crippen molar-refractivity contribution in [1.29, 1.82) is 0 Å². The molecule has 0 amide bonds. The Morgan fingerprint density at radius 1 is 1.18 bits per heavy atom. The van der Waals surface area contributed by atoms with Gasteiger partial charge in [0.25, 0.3) is 0 Å². The van der Waals surface area contributed by atoms with Gasteiger partial charge in [0.15, 0.2) is 14.8 Å². The maximum atomic E-state index is 11.5. The van der Waals surface area contributed by atoms with E-state index in [0.29, 0.717) is 19.1 Å². The fourth-order valence-electron chi connectivity index (χ4n) is 3.20. The summed E-state index contributed by atoms with van der Waals surface area (Å²) in [5.41, 5.74) is 0.188. The minimum absolute atomic E-state index is 0.188. The number of hydrogen-bond acceptors (Lipinski definition) is 7. The van der Waals surface area contributed by atoms with Crippen molar-refractivity contribution in [1.82, 2.24) is 4.90 Å². The third kappa shape index (κ3) is 3.26. The van der Waals surface area contributed by atoms with Gasteiger partial charge in [0, 0.05) is 38.3 Å². The first-order chi connectivity index (χ1) is 10.5. The summed E-state index contributed by atoms with van der Waals surface area (Å²) in [7, 11) is -2.84. The molecule has 0 saturated carbocycles. The van der Waals surface area contributed by atoms with Gasteiger partial charge in [-0.15, -0.1) is 11.3 Å². The van der Waals surface area contributed by atoms with Crippen molar-refractivity contribution in [2.45, 2.75) is 18.9 Å². The lowest BCUT2D eigenvalue weighted by Crippen LogP contribution is -2.50. The first-order valence-electron chi connectivity index (χ1n) is 7.37. The average molecular weight is 345 g/mol. The van der Waals surface area contributed by atoms with Crippen LogP contribution in [0.25, 0.3) is 0 Å². The van der Waals surface area contributed by atoms with Gasteiger partial charge in [-0.1, -0.05) is 0 Å². The van der Waals surface area contributed by atoms with Gasteiger partial charge < -0.3 is 4.90 Å². The van der Waals surface area contributed by atoms with Gasteiger partial charge in [-0.05, 0) is 18.2 Å². The molecule has 122 valence electrons. The van der Waals surface area contributed by atoms with Crippen LogP contribution < -0.4 is 4.90 Å².